The van der Waals surface area contributed by atoms with E-state index >= 15 is 0 Å². The zero-order valence-corrected chi connectivity index (χ0v) is 21.7. The summed E-state index contributed by atoms with van der Waals surface area (Å²) in [6, 6.07) is 8.05. The molecule has 2 unspecified atom stereocenters. The average Bonchev–Trinajstić information content (AvgIpc) is 3.38. The van der Waals surface area contributed by atoms with Gasteiger partial charge in [-0.2, -0.15) is 0 Å². The number of nitrogens with zero attached hydrogens (tertiary/aromatic N) is 2. The molecule has 2 aliphatic heterocycles. The Hall–Kier alpha value is -2.35. The number of pyridine rings is 1. The van der Waals surface area contributed by atoms with Gasteiger partial charge in [-0.05, 0) is 106 Å². The monoisotopic (exact) mass is 510 g/mol. The molecule has 3 heterocycles. The number of aliphatic carboxylic acids is 1. The molecule has 5 rings (SSSR count). The number of rotatable bonds is 10. The SMILES string of the molecule is O=C(O)C(c1ccc(F)cc1C1CCCCO1)N1CC[C@@H](OCCCCc2ccc3c(n2)CCCC3)C1. The lowest BCUT2D eigenvalue weighted by Crippen LogP contribution is -2.34. The molecule has 1 aromatic heterocycles. The lowest BCUT2D eigenvalue weighted by molar-refractivity contribution is -0.143. The molecule has 0 amide bonds. The number of ether oxygens (including phenoxy) is 2. The number of fused-ring (bicyclic) bond motifs is 1. The second-order valence-corrected chi connectivity index (χ2v) is 10.7. The summed E-state index contributed by atoms with van der Waals surface area (Å²) in [4.78, 5) is 19.2. The summed E-state index contributed by atoms with van der Waals surface area (Å²) < 4.78 is 26.2. The Bertz CT molecular complexity index is 1070. The van der Waals surface area contributed by atoms with Crippen molar-refractivity contribution >= 4 is 5.97 Å². The molecular weight excluding hydrogens is 471 g/mol. The van der Waals surface area contributed by atoms with Crippen molar-refractivity contribution in [3.05, 3.63) is 64.2 Å². The number of halogens is 1. The number of unbranched alkanes of at least 4 members (excludes halogenated alkanes) is 1. The lowest BCUT2D eigenvalue weighted by Gasteiger charge is -2.30. The third-order valence-corrected chi connectivity index (χ3v) is 8.06. The highest BCUT2D eigenvalue weighted by atomic mass is 19.1. The minimum atomic E-state index is -0.915. The van der Waals surface area contributed by atoms with Gasteiger partial charge in [-0.1, -0.05) is 12.1 Å². The standard InChI is InChI=1S/C30H39FN2O4/c31-22-12-14-25(26(19-22)28-10-4-6-18-37-28)29(30(34)35)33-16-15-24(20-33)36-17-5-3-8-23-13-11-21-7-1-2-9-27(21)32-23/h11-14,19,24,28-29H,1-10,15-18,20H2,(H,34,35)/t24-,28?,29?/m1/s1. The third-order valence-electron chi connectivity index (χ3n) is 8.06. The molecule has 2 fully saturated rings. The predicted molar refractivity (Wildman–Crippen MR) is 139 cm³/mol. The molecule has 2 saturated heterocycles. The minimum Gasteiger partial charge on any atom is -0.480 e. The van der Waals surface area contributed by atoms with Crippen LogP contribution in [0.5, 0.6) is 0 Å². The number of likely N-dealkylation sites (tertiary alicyclic amines) is 1. The van der Waals surface area contributed by atoms with Gasteiger partial charge in [0.2, 0.25) is 0 Å². The highest BCUT2D eigenvalue weighted by molar-refractivity contribution is 5.76. The van der Waals surface area contributed by atoms with Crippen molar-refractivity contribution in [2.45, 2.75) is 88.9 Å². The van der Waals surface area contributed by atoms with Crippen LogP contribution >= 0.6 is 0 Å². The first-order chi connectivity index (χ1) is 18.1. The first-order valence-corrected chi connectivity index (χ1v) is 14.1. The van der Waals surface area contributed by atoms with Crippen molar-refractivity contribution in [3.63, 3.8) is 0 Å². The van der Waals surface area contributed by atoms with Crippen molar-refractivity contribution in [1.29, 1.82) is 0 Å². The fourth-order valence-corrected chi connectivity index (χ4v) is 6.09. The van der Waals surface area contributed by atoms with Crippen LogP contribution in [-0.4, -0.2) is 53.4 Å². The van der Waals surface area contributed by atoms with Crippen molar-refractivity contribution in [3.8, 4) is 0 Å². The molecule has 6 nitrogen and oxygen atoms in total. The van der Waals surface area contributed by atoms with E-state index in [-0.39, 0.29) is 18.0 Å². The van der Waals surface area contributed by atoms with Crippen LogP contribution in [0.3, 0.4) is 0 Å². The summed E-state index contributed by atoms with van der Waals surface area (Å²) in [5.41, 5.74) is 5.20. The molecule has 3 aliphatic rings. The van der Waals surface area contributed by atoms with E-state index < -0.39 is 12.0 Å². The Labute approximate surface area is 219 Å². The topological polar surface area (TPSA) is 71.9 Å². The zero-order chi connectivity index (χ0) is 25.6. The molecule has 0 radical (unpaired) electrons. The van der Waals surface area contributed by atoms with Crippen LogP contribution in [0.1, 0.15) is 91.6 Å². The van der Waals surface area contributed by atoms with E-state index in [0.717, 1.165) is 57.8 Å². The maximum atomic E-state index is 14.2. The molecule has 0 saturated carbocycles. The summed E-state index contributed by atoms with van der Waals surface area (Å²) in [6.45, 7) is 2.49. The van der Waals surface area contributed by atoms with Gasteiger partial charge in [-0.15, -0.1) is 0 Å². The van der Waals surface area contributed by atoms with E-state index in [9.17, 15) is 14.3 Å². The van der Waals surface area contributed by atoms with Gasteiger partial charge in [-0.25, -0.2) is 4.39 Å². The fourth-order valence-electron chi connectivity index (χ4n) is 6.09. The molecule has 1 aromatic carbocycles. The maximum Gasteiger partial charge on any atom is 0.325 e. The number of aryl methyl sites for hydroxylation is 3. The van der Waals surface area contributed by atoms with Crippen molar-refractivity contribution in [1.82, 2.24) is 9.88 Å². The highest BCUT2D eigenvalue weighted by Gasteiger charge is 2.36. The average molecular weight is 511 g/mol. The third kappa shape index (κ3) is 6.57. The summed E-state index contributed by atoms with van der Waals surface area (Å²) in [6.07, 6.45) is 11.1. The first kappa shape index (κ1) is 26.3. The molecule has 1 N–H and O–H groups in total. The molecule has 3 atom stereocenters. The van der Waals surface area contributed by atoms with Crippen LogP contribution in [0.25, 0.3) is 0 Å². The van der Waals surface area contributed by atoms with Crippen molar-refractivity contribution < 1.29 is 23.8 Å². The summed E-state index contributed by atoms with van der Waals surface area (Å²) >= 11 is 0. The van der Waals surface area contributed by atoms with Crippen LogP contribution < -0.4 is 0 Å². The van der Waals surface area contributed by atoms with Crippen LogP contribution in [-0.2, 0) is 33.5 Å². The summed E-state index contributed by atoms with van der Waals surface area (Å²) in [5.74, 6) is -1.27. The molecule has 37 heavy (non-hydrogen) atoms. The van der Waals surface area contributed by atoms with Gasteiger partial charge in [-0.3, -0.25) is 14.7 Å². The van der Waals surface area contributed by atoms with Crippen LogP contribution in [0, 0.1) is 5.82 Å². The van der Waals surface area contributed by atoms with Gasteiger partial charge in [0.05, 0.1) is 12.2 Å². The van der Waals surface area contributed by atoms with Crippen LogP contribution in [0.15, 0.2) is 30.3 Å². The second kappa shape index (κ2) is 12.5. The number of carboxylic acids is 1. The van der Waals surface area contributed by atoms with E-state index in [1.54, 1.807) is 6.07 Å². The van der Waals surface area contributed by atoms with Gasteiger partial charge in [0.15, 0.2) is 0 Å². The van der Waals surface area contributed by atoms with Gasteiger partial charge in [0, 0.05) is 37.7 Å². The number of carbonyl (C=O) groups is 1. The molecule has 1 aliphatic carbocycles. The Morgan fingerprint density at radius 1 is 1.14 bits per heavy atom. The van der Waals surface area contributed by atoms with Crippen molar-refractivity contribution in [2.75, 3.05) is 26.3 Å². The Kier molecular flexibility index (Phi) is 8.85. The van der Waals surface area contributed by atoms with Gasteiger partial charge < -0.3 is 14.6 Å². The molecule has 0 spiro atoms. The molecule has 7 heteroatoms. The molecule has 0 bridgehead atoms. The number of aromatic nitrogens is 1. The van der Waals surface area contributed by atoms with E-state index in [1.165, 1.54) is 41.9 Å². The molecule has 2 aromatic rings. The predicted octanol–water partition coefficient (Wildman–Crippen LogP) is 5.58. The minimum absolute atomic E-state index is 0.0125. The number of hydrogen-bond donors (Lipinski definition) is 1. The quantitative estimate of drug-likeness (QED) is 0.421. The summed E-state index contributed by atoms with van der Waals surface area (Å²) in [5, 5.41) is 10.2. The number of benzene rings is 1. The van der Waals surface area contributed by atoms with E-state index in [0.29, 0.717) is 37.4 Å². The highest BCUT2D eigenvalue weighted by Crippen LogP contribution is 2.36. The molecular formula is C30H39FN2O4. The zero-order valence-electron chi connectivity index (χ0n) is 21.7. The van der Waals surface area contributed by atoms with E-state index in [1.807, 2.05) is 4.90 Å². The smallest absolute Gasteiger partial charge is 0.325 e. The largest absolute Gasteiger partial charge is 0.480 e. The van der Waals surface area contributed by atoms with Gasteiger partial charge in [0.1, 0.15) is 11.9 Å². The fraction of sp³-hybridized carbons (Fsp3) is 0.600. The second-order valence-electron chi connectivity index (χ2n) is 10.7. The van der Waals surface area contributed by atoms with E-state index in [2.05, 4.69) is 12.1 Å². The first-order valence-electron chi connectivity index (χ1n) is 14.1. The lowest BCUT2D eigenvalue weighted by atomic mass is 9.92. The Morgan fingerprint density at radius 3 is 2.86 bits per heavy atom. The van der Waals surface area contributed by atoms with Crippen LogP contribution in [0.2, 0.25) is 0 Å². The maximum absolute atomic E-state index is 14.2. The Balaban J connectivity index is 1.13. The normalized spacial score (nSPS) is 23.1. The number of hydrogen-bond acceptors (Lipinski definition) is 5. The number of carboxylic acid groups (broad SMARTS) is 1. The van der Waals surface area contributed by atoms with Crippen LogP contribution in [0.4, 0.5) is 4.39 Å². The van der Waals surface area contributed by atoms with Gasteiger partial charge in [0.25, 0.3) is 0 Å². The Morgan fingerprint density at radius 2 is 2.03 bits per heavy atom. The van der Waals surface area contributed by atoms with E-state index in [4.69, 9.17) is 14.5 Å². The van der Waals surface area contributed by atoms with Crippen molar-refractivity contribution in [2.24, 2.45) is 0 Å². The molecule has 200 valence electrons. The summed E-state index contributed by atoms with van der Waals surface area (Å²) in [7, 11) is 0. The van der Waals surface area contributed by atoms with Gasteiger partial charge >= 0.3 is 5.97 Å².